The molecule has 0 fully saturated rings. The van der Waals surface area contributed by atoms with Crippen molar-refractivity contribution in [2.75, 3.05) is 19.0 Å². The van der Waals surface area contributed by atoms with Crippen LogP contribution < -0.4 is 10.1 Å². The molecule has 34 heavy (non-hydrogen) atoms. The molecular weight excluding hydrogens is 448 g/mol. The SMILES string of the molecule is CCOc1cc2[nH]ncc2cc1Nc1ncnc2sc3c(c12)CCC(C(=O)N(C)C(C)(C)C)C3. The van der Waals surface area contributed by atoms with Crippen molar-refractivity contribution in [2.24, 2.45) is 5.92 Å². The van der Waals surface area contributed by atoms with Crippen molar-refractivity contribution < 1.29 is 9.53 Å². The normalized spacial score (nSPS) is 16.0. The number of rotatable bonds is 5. The number of aryl methyl sites for hydroxylation is 1. The molecular formula is C25H30N6O2S. The van der Waals surface area contributed by atoms with Crippen LogP contribution in [0, 0.1) is 5.92 Å². The van der Waals surface area contributed by atoms with Gasteiger partial charge in [-0.15, -0.1) is 11.3 Å². The Morgan fingerprint density at radius 1 is 1.32 bits per heavy atom. The highest BCUT2D eigenvalue weighted by Crippen LogP contribution is 2.42. The van der Waals surface area contributed by atoms with Crippen molar-refractivity contribution in [1.82, 2.24) is 25.1 Å². The predicted molar refractivity (Wildman–Crippen MR) is 136 cm³/mol. The Hall–Kier alpha value is -3.20. The molecule has 1 aromatic carbocycles. The summed E-state index contributed by atoms with van der Waals surface area (Å²) in [6.07, 6.45) is 5.81. The molecule has 5 rings (SSSR count). The second-order valence-electron chi connectivity index (χ2n) is 9.78. The Morgan fingerprint density at radius 3 is 2.91 bits per heavy atom. The van der Waals surface area contributed by atoms with E-state index in [9.17, 15) is 4.79 Å². The van der Waals surface area contributed by atoms with E-state index >= 15 is 0 Å². The summed E-state index contributed by atoms with van der Waals surface area (Å²) < 4.78 is 5.89. The molecule has 178 valence electrons. The number of thiophene rings is 1. The summed E-state index contributed by atoms with van der Waals surface area (Å²) in [5.41, 5.74) is 2.83. The van der Waals surface area contributed by atoms with E-state index in [0.29, 0.717) is 6.61 Å². The zero-order valence-electron chi connectivity index (χ0n) is 20.2. The minimum absolute atomic E-state index is 0.00205. The molecule has 1 unspecified atom stereocenters. The van der Waals surface area contributed by atoms with E-state index in [1.165, 1.54) is 10.4 Å². The number of benzene rings is 1. The molecule has 0 bridgehead atoms. The van der Waals surface area contributed by atoms with Crippen LogP contribution in [0.1, 0.15) is 44.6 Å². The third-order valence-electron chi connectivity index (χ3n) is 6.62. The lowest BCUT2D eigenvalue weighted by Crippen LogP contribution is -2.46. The number of amides is 1. The molecule has 1 amide bonds. The number of H-pyrrole nitrogens is 1. The van der Waals surface area contributed by atoms with Crippen molar-refractivity contribution in [3.8, 4) is 5.75 Å². The van der Waals surface area contributed by atoms with E-state index in [2.05, 4.69) is 46.3 Å². The molecule has 0 aliphatic heterocycles. The van der Waals surface area contributed by atoms with E-state index in [1.54, 1.807) is 23.9 Å². The fourth-order valence-electron chi connectivity index (χ4n) is 4.49. The number of carbonyl (C=O) groups excluding carboxylic acids is 1. The van der Waals surface area contributed by atoms with E-state index in [4.69, 9.17) is 4.74 Å². The van der Waals surface area contributed by atoms with Crippen LogP contribution in [0.25, 0.3) is 21.1 Å². The lowest BCUT2D eigenvalue weighted by Gasteiger charge is -2.35. The molecule has 0 radical (unpaired) electrons. The van der Waals surface area contributed by atoms with Gasteiger partial charge in [0, 0.05) is 34.8 Å². The van der Waals surface area contributed by atoms with Crippen LogP contribution in [0.5, 0.6) is 5.75 Å². The summed E-state index contributed by atoms with van der Waals surface area (Å²) in [5, 5.41) is 12.7. The van der Waals surface area contributed by atoms with Gasteiger partial charge in [0.1, 0.15) is 22.7 Å². The van der Waals surface area contributed by atoms with Gasteiger partial charge in [0.2, 0.25) is 5.91 Å². The lowest BCUT2D eigenvalue weighted by atomic mass is 9.86. The van der Waals surface area contributed by atoms with Gasteiger partial charge in [-0.1, -0.05) is 0 Å². The fourth-order valence-corrected chi connectivity index (χ4v) is 5.76. The van der Waals surface area contributed by atoms with Crippen LogP contribution in [-0.4, -0.2) is 50.2 Å². The summed E-state index contributed by atoms with van der Waals surface area (Å²) >= 11 is 1.68. The van der Waals surface area contributed by atoms with Gasteiger partial charge in [-0.2, -0.15) is 5.10 Å². The maximum absolute atomic E-state index is 13.1. The van der Waals surface area contributed by atoms with Gasteiger partial charge >= 0.3 is 0 Å². The van der Waals surface area contributed by atoms with Crippen LogP contribution in [0.4, 0.5) is 11.5 Å². The summed E-state index contributed by atoms with van der Waals surface area (Å²) in [7, 11) is 1.91. The molecule has 8 nitrogen and oxygen atoms in total. The number of aromatic amines is 1. The molecule has 0 spiro atoms. The lowest BCUT2D eigenvalue weighted by molar-refractivity contribution is -0.138. The standard InChI is InChI=1S/C25H30N6O2S/c1-6-33-19-11-17-15(12-28-30-17)9-18(19)29-22-21-16-8-7-14(24(32)31(5)25(2,3)4)10-20(16)34-23(21)27-13-26-22/h9,11-14H,6-8,10H2,1-5H3,(H,28,30)(H,26,27,29). The highest BCUT2D eigenvalue weighted by Gasteiger charge is 2.33. The van der Waals surface area contributed by atoms with Gasteiger partial charge in [0.15, 0.2) is 0 Å². The number of ether oxygens (including phenoxy) is 1. The largest absolute Gasteiger partial charge is 0.492 e. The van der Waals surface area contributed by atoms with E-state index in [1.807, 2.05) is 31.0 Å². The average Bonchev–Trinajstić information content (AvgIpc) is 3.41. The smallest absolute Gasteiger partial charge is 0.226 e. The molecule has 0 saturated carbocycles. The molecule has 2 N–H and O–H groups in total. The van der Waals surface area contributed by atoms with Crippen LogP contribution in [0.3, 0.4) is 0 Å². The topological polar surface area (TPSA) is 96.0 Å². The van der Waals surface area contributed by atoms with Crippen molar-refractivity contribution in [1.29, 1.82) is 0 Å². The Balaban J connectivity index is 1.49. The first-order valence-corrected chi connectivity index (χ1v) is 12.5. The minimum Gasteiger partial charge on any atom is -0.492 e. The number of aromatic nitrogens is 4. The number of carbonyl (C=O) groups is 1. The Labute approximate surface area is 202 Å². The van der Waals surface area contributed by atoms with Gasteiger partial charge in [-0.25, -0.2) is 9.97 Å². The third kappa shape index (κ3) is 3.98. The quantitative estimate of drug-likeness (QED) is 0.416. The van der Waals surface area contributed by atoms with Gasteiger partial charge in [-0.3, -0.25) is 9.89 Å². The second-order valence-corrected chi connectivity index (χ2v) is 10.9. The van der Waals surface area contributed by atoms with Gasteiger partial charge < -0.3 is 15.0 Å². The first-order chi connectivity index (χ1) is 16.3. The Morgan fingerprint density at radius 2 is 2.15 bits per heavy atom. The molecule has 1 atom stereocenters. The maximum Gasteiger partial charge on any atom is 0.226 e. The van der Waals surface area contributed by atoms with Gasteiger partial charge in [0.25, 0.3) is 0 Å². The maximum atomic E-state index is 13.1. The van der Waals surface area contributed by atoms with Gasteiger partial charge in [-0.05, 0) is 58.6 Å². The van der Waals surface area contributed by atoms with Gasteiger partial charge in [0.05, 0.1) is 29.4 Å². The van der Waals surface area contributed by atoms with Crippen LogP contribution >= 0.6 is 11.3 Å². The molecule has 1 aliphatic carbocycles. The number of nitrogens with zero attached hydrogens (tertiary/aromatic N) is 4. The summed E-state index contributed by atoms with van der Waals surface area (Å²) in [5.74, 6) is 1.73. The highest BCUT2D eigenvalue weighted by atomic mass is 32.1. The van der Waals surface area contributed by atoms with E-state index in [0.717, 1.165) is 57.6 Å². The zero-order chi connectivity index (χ0) is 24.0. The van der Waals surface area contributed by atoms with Crippen molar-refractivity contribution in [2.45, 2.75) is 52.5 Å². The van der Waals surface area contributed by atoms with Crippen molar-refractivity contribution in [3.63, 3.8) is 0 Å². The second kappa shape index (κ2) is 8.54. The molecule has 1 aliphatic rings. The number of hydrogen-bond acceptors (Lipinski definition) is 7. The predicted octanol–water partition coefficient (Wildman–Crippen LogP) is 5.07. The molecule has 3 heterocycles. The molecule has 3 aromatic heterocycles. The fraction of sp³-hybridized carbons (Fsp3) is 0.440. The number of anilines is 2. The zero-order valence-corrected chi connectivity index (χ0v) is 21.0. The average molecular weight is 479 g/mol. The number of hydrogen-bond donors (Lipinski definition) is 2. The van der Waals surface area contributed by atoms with E-state index < -0.39 is 0 Å². The number of fused-ring (bicyclic) bond motifs is 4. The Bertz CT molecular complexity index is 1370. The minimum atomic E-state index is -0.186. The number of nitrogens with one attached hydrogen (secondary N) is 2. The summed E-state index contributed by atoms with van der Waals surface area (Å²) in [4.78, 5) is 26.3. The van der Waals surface area contributed by atoms with Crippen LogP contribution in [-0.2, 0) is 17.6 Å². The van der Waals surface area contributed by atoms with E-state index in [-0.39, 0.29) is 17.4 Å². The van der Waals surface area contributed by atoms with Crippen molar-refractivity contribution in [3.05, 3.63) is 35.1 Å². The summed E-state index contributed by atoms with van der Waals surface area (Å²) in [6, 6.07) is 3.98. The first kappa shape index (κ1) is 22.6. The third-order valence-corrected chi connectivity index (χ3v) is 7.79. The monoisotopic (exact) mass is 478 g/mol. The molecule has 4 aromatic rings. The van der Waals surface area contributed by atoms with Crippen LogP contribution in [0.2, 0.25) is 0 Å². The summed E-state index contributed by atoms with van der Waals surface area (Å²) in [6.45, 7) is 8.74. The molecule has 9 heteroatoms. The van der Waals surface area contributed by atoms with Crippen LogP contribution in [0.15, 0.2) is 24.7 Å². The molecule has 0 saturated heterocycles. The highest BCUT2D eigenvalue weighted by molar-refractivity contribution is 7.19. The first-order valence-electron chi connectivity index (χ1n) is 11.7. The van der Waals surface area contributed by atoms with Crippen molar-refractivity contribution >= 4 is 49.9 Å². The Kier molecular flexibility index (Phi) is 5.67.